The van der Waals surface area contributed by atoms with Gasteiger partial charge in [0.25, 0.3) is 6.43 Å². The molecule has 24 heavy (non-hydrogen) atoms. The van der Waals surface area contributed by atoms with Crippen LogP contribution in [0.5, 0.6) is 5.75 Å². The molecule has 1 amide bonds. The number of alkyl halides is 5. The van der Waals surface area contributed by atoms with Crippen molar-refractivity contribution in [3.8, 4) is 5.75 Å². The second-order valence-corrected chi connectivity index (χ2v) is 5.41. The Morgan fingerprint density at radius 2 is 2.12 bits per heavy atom. The summed E-state index contributed by atoms with van der Waals surface area (Å²) in [4.78, 5) is 10.9. The molecule has 1 aromatic rings. The predicted octanol–water partition coefficient (Wildman–Crippen LogP) is 2.90. The van der Waals surface area contributed by atoms with Crippen molar-refractivity contribution in [2.75, 3.05) is 12.4 Å². The molecule has 1 aliphatic heterocycles. The van der Waals surface area contributed by atoms with Crippen LogP contribution in [0, 0.1) is 0 Å². The number of hydrogen-bond acceptors (Lipinski definition) is 5. The maximum atomic E-state index is 12.8. The second-order valence-electron chi connectivity index (χ2n) is 4.44. The van der Waals surface area contributed by atoms with Gasteiger partial charge >= 0.3 is 6.18 Å². The molecule has 1 aliphatic rings. The summed E-state index contributed by atoms with van der Waals surface area (Å²) in [7, 11) is 0. The molecule has 11 heteroatoms. The fourth-order valence-corrected chi connectivity index (χ4v) is 2.28. The number of ether oxygens (including phenoxy) is 1. The second kappa shape index (κ2) is 7.60. The van der Waals surface area contributed by atoms with Crippen molar-refractivity contribution in [3.63, 3.8) is 0 Å². The average molecular weight is 367 g/mol. The Hall–Kier alpha value is -2.17. The first kappa shape index (κ1) is 18.2. The first-order valence-electron chi connectivity index (χ1n) is 6.41. The third-order valence-corrected chi connectivity index (χ3v) is 3.48. The minimum atomic E-state index is -4.74. The van der Waals surface area contributed by atoms with Crippen LogP contribution in [0.15, 0.2) is 28.4 Å². The Labute approximate surface area is 137 Å². The van der Waals surface area contributed by atoms with E-state index >= 15 is 0 Å². The minimum Gasteiger partial charge on any atom is -0.487 e. The van der Waals surface area contributed by atoms with E-state index in [1.165, 1.54) is 0 Å². The van der Waals surface area contributed by atoms with Gasteiger partial charge in [-0.05, 0) is 17.7 Å². The lowest BCUT2D eigenvalue weighted by Crippen LogP contribution is -2.19. The van der Waals surface area contributed by atoms with Crippen LogP contribution in [0.25, 0.3) is 0 Å². The highest BCUT2D eigenvalue weighted by Gasteiger charge is 2.34. The van der Waals surface area contributed by atoms with E-state index < -0.39 is 30.5 Å². The van der Waals surface area contributed by atoms with Gasteiger partial charge in [0.05, 0.1) is 17.5 Å². The van der Waals surface area contributed by atoms with E-state index in [1.54, 1.807) is 0 Å². The Balaban J connectivity index is 2.18. The molecule has 0 saturated carbocycles. The smallest absolute Gasteiger partial charge is 0.419 e. The summed E-state index contributed by atoms with van der Waals surface area (Å²) in [5.41, 5.74) is -0.990. The van der Waals surface area contributed by atoms with Crippen LogP contribution < -0.4 is 10.1 Å². The monoisotopic (exact) mass is 367 g/mol. The van der Waals surface area contributed by atoms with Crippen molar-refractivity contribution < 1.29 is 31.5 Å². The highest BCUT2D eigenvalue weighted by Crippen LogP contribution is 2.36. The zero-order chi connectivity index (χ0) is 17.7. The zero-order valence-corrected chi connectivity index (χ0v) is 12.6. The number of benzene rings is 1. The molecule has 5 nitrogen and oxygen atoms in total. The van der Waals surface area contributed by atoms with Crippen molar-refractivity contribution in [2.45, 2.75) is 12.6 Å². The van der Waals surface area contributed by atoms with Gasteiger partial charge in [-0.15, -0.1) is 5.10 Å². The van der Waals surface area contributed by atoms with Gasteiger partial charge in [0.1, 0.15) is 12.4 Å². The van der Waals surface area contributed by atoms with E-state index in [1.807, 2.05) is 0 Å². The summed E-state index contributed by atoms with van der Waals surface area (Å²) in [6.45, 7) is -1.16. The van der Waals surface area contributed by atoms with Gasteiger partial charge in [0.15, 0.2) is 5.17 Å². The molecular weight excluding hydrogens is 357 g/mol. The number of hydrogen-bond donors (Lipinski definition) is 1. The number of halogens is 5. The molecule has 0 unspecified atom stereocenters. The summed E-state index contributed by atoms with van der Waals surface area (Å²) >= 11 is 1.12. The van der Waals surface area contributed by atoms with Gasteiger partial charge in [-0.3, -0.25) is 4.79 Å². The van der Waals surface area contributed by atoms with Crippen LogP contribution in [0.2, 0.25) is 0 Å². The molecule has 0 spiro atoms. The molecule has 1 fully saturated rings. The van der Waals surface area contributed by atoms with Crippen LogP contribution >= 0.6 is 11.8 Å². The van der Waals surface area contributed by atoms with Crippen LogP contribution in [0.1, 0.15) is 11.1 Å². The number of thioether (sulfide) groups is 1. The topological polar surface area (TPSA) is 63.0 Å². The fourth-order valence-electron chi connectivity index (χ4n) is 1.65. The van der Waals surface area contributed by atoms with Crippen LogP contribution in [-0.4, -0.2) is 36.1 Å². The number of rotatable bonds is 5. The highest BCUT2D eigenvalue weighted by molar-refractivity contribution is 8.15. The molecule has 0 aliphatic carbocycles. The molecule has 0 atom stereocenters. The van der Waals surface area contributed by atoms with Crippen LogP contribution in [0.4, 0.5) is 22.0 Å². The Kier molecular flexibility index (Phi) is 5.75. The van der Waals surface area contributed by atoms with Crippen molar-refractivity contribution in [1.29, 1.82) is 0 Å². The fraction of sp³-hybridized carbons (Fsp3) is 0.308. The number of nitrogens with one attached hydrogen (secondary N) is 1. The molecule has 0 aromatic heterocycles. The van der Waals surface area contributed by atoms with Crippen molar-refractivity contribution in [1.82, 2.24) is 5.32 Å². The lowest BCUT2D eigenvalue weighted by molar-refractivity contribution is -0.139. The molecule has 2 rings (SSSR count). The lowest BCUT2D eigenvalue weighted by atomic mass is 10.1. The quantitative estimate of drug-likeness (QED) is 0.495. The lowest BCUT2D eigenvalue weighted by Gasteiger charge is -2.14. The molecule has 130 valence electrons. The van der Waals surface area contributed by atoms with Gasteiger partial charge in [0.2, 0.25) is 5.91 Å². The number of carbonyl (C=O) groups is 1. The summed E-state index contributed by atoms with van der Waals surface area (Å²) in [6.07, 6.45) is -6.52. The Bertz CT molecular complexity index is 676. The van der Waals surface area contributed by atoms with Gasteiger partial charge < -0.3 is 10.1 Å². The van der Waals surface area contributed by atoms with Gasteiger partial charge in [-0.1, -0.05) is 17.8 Å². The number of carbonyl (C=O) groups excluding carboxylic acids is 1. The predicted molar refractivity (Wildman–Crippen MR) is 78.6 cm³/mol. The summed E-state index contributed by atoms with van der Waals surface area (Å²) in [6, 6.07) is 2.75. The molecule has 1 heterocycles. The third-order valence-electron chi connectivity index (χ3n) is 2.62. The molecular formula is C13H10F5N3O2S. The van der Waals surface area contributed by atoms with Crippen molar-refractivity contribution in [3.05, 3.63) is 29.3 Å². The summed E-state index contributed by atoms with van der Waals surface area (Å²) in [5.74, 6) is -0.741. The minimum absolute atomic E-state index is 0.172. The largest absolute Gasteiger partial charge is 0.487 e. The number of amides is 1. The maximum absolute atomic E-state index is 12.8. The zero-order valence-electron chi connectivity index (χ0n) is 11.8. The van der Waals surface area contributed by atoms with E-state index in [0.717, 1.165) is 30.1 Å². The molecule has 0 radical (unpaired) electrons. The van der Waals surface area contributed by atoms with E-state index in [-0.39, 0.29) is 22.4 Å². The SMILES string of the molecule is O=C1CSC(=NN=Cc2ccc(C(F)(F)F)c(OCC(F)F)c2)N1. The third kappa shape index (κ3) is 5.18. The van der Waals surface area contributed by atoms with Crippen molar-refractivity contribution >= 4 is 29.1 Å². The highest BCUT2D eigenvalue weighted by atomic mass is 32.2. The Morgan fingerprint density at radius 1 is 1.38 bits per heavy atom. The van der Waals surface area contributed by atoms with Gasteiger partial charge in [-0.2, -0.15) is 18.3 Å². The first-order valence-corrected chi connectivity index (χ1v) is 7.40. The van der Waals surface area contributed by atoms with Crippen molar-refractivity contribution in [2.24, 2.45) is 10.2 Å². The van der Waals surface area contributed by atoms with Crippen LogP contribution in [0.3, 0.4) is 0 Å². The summed E-state index contributed by atoms with van der Waals surface area (Å²) in [5, 5.41) is 9.98. The number of amidine groups is 1. The van der Waals surface area contributed by atoms with E-state index in [0.29, 0.717) is 6.07 Å². The molecule has 0 bridgehead atoms. The van der Waals surface area contributed by atoms with Gasteiger partial charge in [0, 0.05) is 0 Å². The van der Waals surface area contributed by atoms with E-state index in [2.05, 4.69) is 20.3 Å². The number of nitrogens with zero attached hydrogens (tertiary/aromatic N) is 2. The first-order chi connectivity index (χ1) is 11.3. The standard InChI is InChI=1S/C13H10F5N3O2S/c14-10(15)5-23-9-3-7(1-2-8(9)13(16,17)18)4-19-21-12-20-11(22)6-24-12/h1-4,10H,5-6H2,(H,20,21,22). The molecule has 1 N–H and O–H groups in total. The molecule has 1 aromatic carbocycles. The van der Waals surface area contributed by atoms with E-state index in [9.17, 15) is 26.7 Å². The van der Waals surface area contributed by atoms with E-state index in [4.69, 9.17) is 0 Å². The molecule has 1 saturated heterocycles. The van der Waals surface area contributed by atoms with Crippen LogP contribution in [-0.2, 0) is 11.0 Å². The average Bonchev–Trinajstić information content (AvgIpc) is 2.89. The normalized spacial score (nSPS) is 17.1. The summed E-state index contributed by atoms with van der Waals surface area (Å²) < 4.78 is 67.4. The maximum Gasteiger partial charge on any atom is 0.419 e. The Morgan fingerprint density at radius 3 is 2.71 bits per heavy atom. The van der Waals surface area contributed by atoms with Gasteiger partial charge in [-0.25, -0.2) is 8.78 Å².